The van der Waals surface area contributed by atoms with Crippen LogP contribution in [0.3, 0.4) is 0 Å². The number of hydrogen-bond acceptors (Lipinski definition) is 5. The van der Waals surface area contributed by atoms with Gasteiger partial charge in [-0.15, -0.1) is 5.10 Å². The number of H-pyrrole nitrogens is 1. The molecular weight excluding hydrogens is 348 g/mol. The van der Waals surface area contributed by atoms with Crippen LogP contribution in [-0.4, -0.2) is 38.2 Å². The molecule has 0 bridgehead atoms. The largest absolute Gasteiger partial charge is 0.346 e. The Balaban J connectivity index is 1.47. The minimum Gasteiger partial charge on any atom is -0.346 e. The van der Waals surface area contributed by atoms with E-state index in [9.17, 15) is 14.4 Å². The van der Waals surface area contributed by atoms with Crippen molar-refractivity contribution in [3.05, 3.63) is 57.8 Å². The van der Waals surface area contributed by atoms with Crippen molar-refractivity contribution < 1.29 is 9.59 Å². The van der Waals surface area contributed by atoms with Gasteiger partial charge in [0.05, 0.1) is 6.20 Å². The lowest BCUT2D eigenvalue weighted by Crippen LogP contribution is -2.25. The summed E-state index contributed by atoms with van der Waals surface area (Å²) in [6.45, 7) is 2.74. The molecule has 1 aliphatic heterocycles. The quantitative estimate of drug-likeness (QED) is 0.709. The lowest BCUT2D eigenvalue weighted by molar-refractivity contribution is -0.117. The fourth-order valence-corrected chi connectivity index (χ4v) is 3.18. The van der Waals surface area contributed by atoms with Crippen LogP contribution in [0.25, 0.3) is 5.52 Å². The average Bonchev–Trinajstić information content (AvgIpc) is 3.26. The third kappa shape index (κ3) is 3.19. The number of hydrogen-bond donors (Lipinski definition) is 2. The monoisotopic (exact) mass is 366 g/mol. The van der Waals surface area contributed by atoms with Crippen molar-refractivity contribution in [2.75, 3.05) is 11.4 Å². The molecule has 1 aromatic carbocycles. The zero-order valence-corrected chi connectivity index (χ0v) is 14.7. The summed E-state index contributed by atoms with van der Waals surface area (Å²) in [5.74, 6) is -0.339. The van der Waals surface area contributed by atoms with Gasteiger partial charge in [0.15, 0.2) is 11.2 Å². The third-order valence-corrected chi connectivity index (χ3v) is 4.53. The fourth-order valence-electron chi connectivity index (χ4n) is 3.18. The Morgan fingerprint density at radius 1 is 1.26 bits per heavy atom. The number of benzene rings is 1. The number of carbonyl (C=O) groups excluding carboxylic acids is 2. The van der Waals surface area contributed by atoms with Crippen molar-refractivity contribution in [2.45, 2.75) is 26.3 Å². The van der Waals surface area contributed by atoms with E-state index in [-0.39, 0.29) is 23.7 Å². The summed E-state index contributed by atoms with van der Waals surface area (Å²) in [4.78, 5) is 40.7. The normalized spacial score (nSPS) is 14.1. The molecule has 2 N–H and O–H groups in total. The van der Waals surface area contributed by atoms with Crippen molar-refractivity contribution >= 4 is 23.0 Å². The molecule has 9 nitrogen and oxygen atoms in total. The summed E-state index contributed by atoms with van der Waals surface area (Å²) in [6, 6.07) is 7.46. The molecule has 4 rings (SSSR count). The van der Waals surface area contributed by atoms with Gasteiger partial charge in [0, 0.05) is 30.9 Å². The molecule has 0 saturated carbocycles. The van der Waals surface area contributed by atoms with E-state index in [4.69, 9.17) is 0 Å². The van der Waals surface area contributed by atoms with Crippen LogP contribution in [-0.2, 0) is 11.3 Å². The highest BCUT2D eigenvalue weighted by Gasteiger charge is 2.21. The van der Waals surface area contributed by atoms with Gasteiger partial charge >= 0.3 is 0 Å². The molecule has 2 aromatic heterocycles. The van der Waals surface area contributed by atoms with Crippen LogP contribution in [0.4, 0.5) is 5.69 Å². The predicted molar refractivity (Wildman–Crippen MR) is 97.5 cm³/mol. The highest BCUT2D eigenvalue weighted by atomic mass is 16.2. The van der Waals surface area contributed by atoms with Crippen LogP contribution >= 0.6 is 0 Å². The predicted octanol–water partition coefficient (Wildman–Crippen LogP) is 0.783. The second-order valence-corrected chi connectivity index (χ2v) is 6.50. The summed E-state index contributed by atoms with van der Waals surface area (Å²) in [7, 11) is 0. The fraction of sp³-hybridized carbons (Fsp3) is 0.278. The van der Waals surface area contributed by atoms with Gasteiger partial charge in [-0.2, -0.15) is 0 Å². The molecule has 9 heteroatoms. The standard InChI is InChI=1S/C18H18N6O3/c1-11-10-24-16(18(27)20-11)15(21-22-24)17(26)19-9-12-4-6-13(7-5-12)23-8-2-3-14(23)25/h4-7,10H,2-3,8-9H2,1H3,(H,19,26)(H,20,27). The zero-order valence-electron chi connectivity index (χ0n) is 14.7. The molecule has 0 radical (unpaired) electrons. The van der Waals surface area contributed by atoms with Crippen LogP contribution in [0.5, 0.6) is 0 Å². The first-order valence-electron chi connectivity index (χ1n) is 8.65. The number of anilines is 1. The van der Waals surface area contributed by atoms with Gasteiger partial charge in [0.1, 0.15) is 0 Å². The van der Waals surface area contributed by atoms with Crippen LogP contribution in [0, 0.1) is 6.92 Å². The number of aromatic nitrogens is 4. The van der Waals surface area contributed by atoms with E-state index in [0.29, 0.717) is 12.1 Å². The molecule has 2 amide bonds. The highest BCUT2D eigenvalue weighted by Crippen LogP contribution is 2.21. The maximum absolute atomic E-state index is 12.4. The van der Waals surface area contributed by atoms with Crippen molar-refractivity contribution in [1.29, 1.82) is 0 Å². The molecule has 1 fully saturated rings. The van der Waals surface area contributed by atoms with Crippen molar-refractivity contribution in [3.63, 3.8) is 0 Å². The molecule has 0 aliphatic carbocycles. The molecule has 0 atom stereocenters. The highest BCUT2D eigenvalue weighted by molar-refractivity contribution is 5.98. The molecular formula is C18H18N6O3. The lowest BCUT2D eigenvalue weighted by Gasteiger charge is -2.16. The van der Waals surface area contributed by atoms with E-state index in [1.165, 1.54) is 4.52 Å². The number of rotatable bonds is 4. The van der Waals surface area contributed by atoms with E-state index in [2.05, 4.69) is 20.6 Å². The van der Waals surface area contributed by atoms with E-state index in [1.54, 1.807) is 18.0 Å². The summed E-state index contributed by atoms with van der Waals surface area (Å²) in [6.07, 6.45) is 3.06. The van der Waals surface area contributed by atoms with Gasteiger partial charge in [-0.1, -0.05) is 17.3 Å². The first kappa shape index (κ1) is 17.0. The van der Waals surface area contributed by atoms with Crippen LogP contribution in [0.1, 0.15) is 34.6 Å². The number of nitrogens with one attached hydrogen (secondary N) is 2. The number of fused-ring (bicyclic) bond motifs is 1. The van der Waals surface area contributed by atoms with E-state index >= 15 is 0 Å². The molecule has 138 valence electrons. The van der Waals surface area contributed by atoms with Gasteiger partial charge in [-0.25, -0.2) is 4.52 Å². The van der Waals surface area contributed by atoms with Gasteiger partial charge in [-0.05, 0) is 31.0 Å². The first-order valence-corrected chi connectivity index (χ1v) is 8.65. The topological polar surface area (TPSA) is 112 Å². The van der Waals surface area contributed by atoms with Crippen molar-refractivity contribution in [3.8, 4) is 0 Å². The molecule has 3 heterocycles. The number of aryl methyl sites for hydroxylation is 1. The zero-order chi connectivity index (χ0) is 19.0. The Morgan fingerprint density at radius 3 is 2.74 bits per heavy atom. The molecule has 0 spiro atoms. The second kappa shape index (κ2) is 6.67. The average molecular weight is 366 g/mol. The summed E-state index contributed by atoms with van der Waals surface area (Å²) < 4.78 is 1.30. The van der Waals surface area contributed by atoms with Crippen LogP contribution in [0.2, 0.25) is 0 Å². The lowest BCUT2D eigenvalue weighted by atomic mass is 10.2. The van der Waals surface area contributed by atoms with Crippen molar-refractivity contribution in [1.82, 2.24) is 25.1 Å². The van der Waals surface area contributed by atoms with Gasteiger partial charge in [0.2, 0.25) is 5.91 Å². The molecule has 0 unspecified atom stereocenters. The second-order valence-electron chi connectivity index (χ2n) is 6.50. The molecule has 3 aromatic rings. The van der Waals surface area contributed by atoms with Gasteiger partial charge < -0.3 is 15.2 Å². The van der Waals surface area contributed by atoms with E-state index < -0.39 is 11.5 Å². The summed E-state index contributed by atoms with van der Waals surface area (Å²) in [5, 5.41) is 10.4. The van der Waals surface area contributed by atoms with Gasteiger partial charge in [0.25, 0.3) is 11.5 Å². The Bertz CT molecular complexity index is 1080. The SMILES string of the molecule is Cc1cn2nnc(C(=O)NCc3ccc(N4CCCC4=O)cc3)c2c(=O)[nH]1. The Kier molecular flexibility index (Phi) is 4.19. The maximum Gasteiger partial charge on any atom is 0.276 e. The minimum absolute atomic E-state index is 0.0180. The number of aromatic amines is 1. The first-order chi connectivity index (χ1) is 13.0. The Labute approximate surface area is 154 Å². The van der Waals surface area contributed by atoms with Crippen LogP contribution in [0.15, 0.2) is 35.3 Å². The van der Waals surface area contributed by atoms with Gasteiger partial charge in [-0.3, -0.25) is 14.4 Å². The Hall–Kier alpha value is -3.49. The van der Waals surface area contributed by atoms with E-state index in [0.717, 1.165) is 24.2 Å². The smallest absolute Gasteiger partial charge is 0.276 e. The number of carbonyl (C=O) groups is 2. The van der Waals surface area contributed by atoms with Crippen LogP contribution < -0.4 is 15.8 Å². The number of nitrogens with zero attached hydrogens (tertiary/aromatic N) is 4. The third-order valence-electron chi connectivity index (χ3n) is 4.53. The Morgan fingerprint density at radius 2 is 2.04 bits per heavy atom. The summed E-state index contributed by atoms with van der Waals surface area (Å²) >= 11 is 0. The maximum atomic E-state index is 12.4. The molecule has 1 aliphatic rings. The summed E-state index contributed by atoms with van der Waals surface area (Å²) in [5.41, 5.74) is 2.04. The minimum atomic E-state index is -0.474. The van der Waals surface area contributed by atoms with Crippen molar-refractivity contribution in [2.24, 2.45) is 0 Å². The molecule has 27 heavy (non-hydrogen) atoms. The number of amides is 2. The van der Waals surface area contributed by atoms with E-state index in [1.807, 2.05) is 24.3 Å². The molecule has 1 saturated heterocycles.